The summed E-state index contributed by atoms with van der Waals surface area (Å²) in [6.07, 6.45) is 1.31. The maximum Gasteiger partial charge on any atom is 0.242 e. The van der Waals surface area contributed by atoms with Gasteiger partial charge in [0.15, 0.2) is 11.5 Å². The van der Waals surface area contributed by atoms with Crippen molar-refractivity contribution in [3.8, 4) is 11.5 Å². The number of carbonyl (C=O) groups is 1. The lowest BCUT2D eigenvalue weighted by Gasteiger charge is -2.18. The van der Waals surface area contributed by atoms with Crippen molar-refractivity contribution in [3.63, 3.8) is 0 Å². The van der Waals surface area contributed by atoms with Gasteiger partial charge in [-0.2, -0.15) is 5.10 Å². The van der Waals surface area contributed by atoms with Crippen molar-refractivity contribution in [3.05, 3.63) is 124 Å². The fraction of sp³-hybridized carbons (Fsp3) is 0.161. The average molecular weight is 637 g/mol. The van der Waals surface area contributed by atoms with E-state index >= 15 is 0 Å². The quantitative estimate of drug-likeness (QED) is 0.149. The molecule has 8 nitrogen and oxygen atoms in total. The molecule has 0 spiro atoms. The summed E-state index contributed by atoms with van der Waals surface area (Å²) in [5.74, 6) is 0.581. The second kappa shape index (κ2) is 14.1. The number of halogens is 1. The standard InChI is InChI=1S/C31H30BrN3O5S/c1-22-13-15-26(16-14-22)41(37,38)35-28(25-11-7-4-8-12-25)19-30(36)34-33-20-24-17-27(32)31(29(18-24)39-2)40-21-23-9-5-3-6-10-23/h3-18,20,28,35H,19,21H2,1-2H3,(H,34,36)/b33-20-/t28-/m0/s1. The van der Waals surface area contributed by atoms with E-state index in [1.54, 1.807) is 55.6 Å². The number of aryl methyl sites for hydroxylation is 1. The van der Waals surface area contributed by atoms with Crippen LogP contribution in [0.15, 0.2) is 112 Å². The van der Waals surface area contributed by atoms with Crippen LogP contribution in [0.25, 0.3) is 0 Å². The minimum atomic E-state index is -3.87. The first-order valence-electron chi connectivity index (χ1n) is 12.8. The lowest BCUT2D eigenvalue weighted by molar-refractivity contribution is -0.121. The molecule has 0 aliphatic heterocycles. The van der Waals surface area contributed by atoms with Gasteiger partial charge in [-0.15, -0.1) is 0 Å². The molecule has 4 aromatic carbocycles. The van der Waals surface area contributed by atoms with E-state index in [0.29, 0.717) is 33.7 Å². The molecule has 4 rings (SSSR count). The van der Waals surface area contributed by atoms with Gasteiger partial charge in [-0.25, -0.2) is 18.6 Å². The van der Waals surface area contributed by atoms with Gasteiger partial charge >= 0.3 is 0 Å². The largest absolute Gasteiger partial charge is 0.493 e. The smallest absolute Gasteiger partial charge is 0.242 e. The SMILES string of the molecule is COc1cc(/C=N\NC(=O)C[C@H](NS(=O)(=O)c2ccc(C)cc2)c2ccccc2)cc(Br)c1OCc1ccccc1. The molecule has 0 aliphatic carbocycles. The van der Waals surface area contributed by atoms with Crippen molar-refractivity contribution in [2.75, 3.05) is 7.11 Å². The van der Waals surface area contributed by atoms with Crippen molar-refractivity contribution in [1.29, 1.82) is 0 Å². The van der Waals surface area contributed by atoms with Crippen molar-refractivity contribution in [2.45, 2.75) is 30.9 Å². The third-order valence-corrected chi connectivity index (χ3v) is 8.18. The summed E-state index contributed by atoms with van der Waals surface area (Å²) in [6, 6.07) is 28.0. The Bertz CT molecular complexity index is 1600. The summed E-state index contributed by atoms with van der Waals surface area (Å²) in [5, 5.41) is 4.07. The van der Waals surface area contributed by atoms with Crippen molar-refractivity contribution < 1.29 is 22.7 Å². The molecule has 0 fully saturated rings. The Labute approximate surface area is 248 Å². The van der Waals surface area contributed by atoms with Crippen LogP contribution in [0, 0.1) is 6.92 Å². The second-order valence-electron chi connectivity index (χ2n) is 9.20. The van der Waals surface area contributed by atoms with E-state index in [2.05, 4.69) is 31.2 Å². The molecule has 0 bridgehead atoms. The zero-order chi connectivity index (χ0) is 29.2. The van der Waals surface area contributed by atoms with E-state index < -0.39 is 22.0 Å². The molecule has 1 atom stereocenters. The van der Waals surface area contributed by atoms with Crippen LogP contribution in [-0.2, 0) is 21.4 Å². The topological polar surface area (TPSA) is 106 Å². The van der Waals surface area contributed by atoms with Crippen LogP contribution in [0.2, 0.25) is 0 Å². The lowest BCUT2D eigenvalue weighted by atomic mass is 10.0. The number of sulfonamides is 1. The molecule has 0 saturated carbocycles. The zero-order valence-electron chi connectivity index (χ0n) is 22.6. The molecule has 0 aromatic heterocycles. The van der Waals surface area contributed by atoms with Crippen LogP contribution >= 0.6 is 15.9 Å². The second-order valence-corrected chi connectivity index (χ2v) is 11.8. The maximum atomic E-state index is 13.1. The minimum absolute atomic E-state index is 0.123. The summed E-state index contributed by atoms with van der Waals surface area (Å²) in [6.45, 7) is 2.25. The Balaban J connectivity index is 1.43. The lowest BCUT2D eigenvalue weighted by Crippen LogP contribution is -2.32. The monoisotopic (exact) mass is 635 g/mol. The van der Waals surface area contributed by atoms with E-state index in [1.165, 1.54) is 18.3 Å². The Morgan fingerprint density at radius 2 is 1.63 bits per heavy atom. The Morgan fingerprint density at radius 3 is 2.29 bits per heavy atom. The highest BCUT2D eigenvalue weighted by Crippen LogP contribution is 2.37. The van der Waals surface area contributed by atoms with E-state index in [0.717, 1.165) is 11.1 Å². The summed E-state index contributed by atoms with van der Waals surface area (Å²) in [4.78, 5) is 13.0. The van der Waals surface area contributed by atoms with E-state index in [4.69, 9.17) is 9.47 Å². The van der Waals surface area contributed by atoms with E-state index in [9.17, 15) is 13.2 Å². The minimum Gasteiger partial charge on any atom is -0.493 e. The average Bonchev–Trinajstić information content (AvgIpc) is 2.97. The van der Waals surface area contributed by atoms with Crippen LogP contribution in [-0.4, -0.2) is 27.6 Å². The van der Waals surface area contributed by atoms with Gasteiger partial charge < -0.3 is 9.47 Å². The third-order valence-electron chi connectivity index (χ3n) is 6.10. The first kappa shape index (κ1) is 30.0. The van der Waals surface area contributed by atoms with Gasteiger partial charge in [-0.1, -0.05) is 78.4 Å². The fourth-order valence-electron chi connectivity index (χ4n) is 3.98. The first-order valence-corrected chi connectivity index (χ1v) is 15.0. The zero-order valence-corrected chi connectivity index (χ0v) is 25.0. The van der Waals surface area contributed by atoms with Crippen LogP contribution in [0.3, 0.4) is 0 Å². The van der Waals surface area contributed by atoms with Gasteiger partial charge in [-0.3, -0.25) is 4.79 Å². The molecular weight excluding hydrogens is 606 g/mol. The number of hydrogen-bond donors (Lipinski definition) is 2. The summed E-state index contributed by atoms with van der Waals surface area (Å²) < 4.78 is 40.9. The van der Waals surface area contributed by atoms with Crippen LogP contribution in [0.1, 0.15) is 34.7 Å². The number of ether oxygens (including phenoxy) is 2. The molecule has 0 saturated heterocycles. The number of hydrazone groups is 1. The number of methoxy groups -OCH3 is 1. The molecule has 0 aliphatic rings. The number of carbonyl (C=O) groups excluding carboxylic acids is 1. The van der Waals surface area contributed by atoms with Gasteiger partial charge in [-0.05, 0) is 63.8 Å². The van der Waals surface area contributed by atoms with Crippen LogP contribution in [0.5, 0.6) is 11.5 Å². The molecule has 1 amide bonds. The third kappa shape index (κ3) is 8.50. The molecule has 41 heavy (non-hydrogen) atoms. The van der Waals surface area contributed by atoms with Gasteiger partial charge in [0.2, 0.25) is 15.9 Å². The molecule has 0 unspecified atom stereocenters. The predicted molar refractivity (Wildman–Crippen MR) is 163 cm³/mol. The number of benzene rings is 4. The molecule has 10 heteroatoms. The van der Waals surface area contributed by atoms with Gasteiger partial charge in [0.25, 0.3) is 0 Å². The molecule has 212 valence electrons. The fourth-order valence-corrected chi connectivity index (χ4v) is 5.78. The highest BCUT2D eigenvalue weighted by atomic mass is 79.9. The number of hydrogen-bond acceptors (Lipinski definition) is 6. The molecule has 2 N–H and O–H groups in total. The Hall–Kier alpha value is -3.99. The molecular formula is C31H30BrN3O5S. The van der Waals surface area contributed by atoms with Crippen molar-refractivity contribution in [1.82, 2.24) is 10.1 Å². The summed E-state index contributed by atoms with van der Waals surface area (Å²) >= 11 is 3.52. The molecule has 4 aromatic rings. The highest BCUT2D eigenvalue weighted by molar-refractivity contribution is 9.10. The number of nitrogens with one attached hydrogen (secondary N) is 2. The van der Waals surface area contributed by atoms with E-state index in [-0.39, 0.29) is 11.3 Å². The maximum absolute atomic E-state index is 13.1. The summed E-state index contributed by atoms with van der Waals surface area (Å²) in [7, 11) is -2.33. The summed E-state index contributed by atoms with van der Waals surface area (Å²) in [5.41, 5.74) is 5.76. The highest BCUT2D eigenvalue weighted by Gasteiger charge is 2.23. The van der Waals surface area contributed by atoms with Gasteiger partial charge in [0, 0.05) is 6.42 Å². The molecule has 0 heterocycles. The molecule has 0 radical (unpaired) electrons. The normalized spacial score (nSPS) is 12.2. The van der Waals surface area contributed by atoms with Crippen LogP contribution < -0.4 is 19.6 Å². The van der Waals surface area contributed by atoms with E-state index in [1.807, 2.05) is 43.3 Å². The number of nitrogens with zero attached hydrogens (tertiary/aromatic N) is 1. The Morgan fingerprint density at radius 1 is 0.976 bits per heavy atom. The number of amides is 1. The first-order chi connectivity index (χ1) is 19.7. The Kier molecular flexibility index (Phi) is 10.3. The van der Waals surface area contributed by atoms with Gasteiger partial charge in [0.1, 0.15) is 6.61 Å². The van der Waals surface area contributed by atoms with Crippen LogP contribution in [0.4, 0.5) is 0 Å². The predicted octanol–water partition coefficient (Wildman–Crippen LogP) is 5.91. The van der Waals surface area contributed by atoms with Crippen molar-refractivity contribution in [2.24, 2.45) is 5.10 Å². The van der Waals surface area contributed by atoms with Gasteiger partial charge in [0.05, 0.1) is 28.7 Å². The van der Waals surface area contributed by atoms with Crippen molar-refractivity contribution >= 4 is 38.1 Å². The number of rotatable bonds is 12.